The number of hydrogen-bond donors (Lipinski definition) is 0. The minimum atomic E-state index is -1.08. The van der Waals surface area contributed by atoms with E-state index >= 15 is 0 Å². The standard InChI is InChI=1S/C18H13F3N2O2/c19-14-5-1-12(2-6-14)9-22-11-16(21)17(24)23(18(22)25)10-13-3-7-15(20)8-4-13/h1-8,11H,9-10H2. The van der Waals surface area contributed by atoms with E-state index in [2.05, 4.69) is 0 Å². The summed E-state index contributed by atoms with van der Waals surface area (Å²) in [5, 5.41) is 0. The molecule has 0 atom stereocenters. The van der Waals surface area contributed by atoms with Gasteiger partial charge < -0.3 is 0 Å². The predicted octanol–water partition coefficient (Wildman–Crippen LogP) is 2.52. The molecule has 0 aliphatic heterocycles. The van der Waals surface area contributed by atoms with Crippen LogP contribution in [0.1, 0.15) is 11.1 Å². The molecule has 25 heavy (non-hydrogen) atoms. The molecule has 0 saturated heterocycles. The first-order chi connectivity index (χ1) is 11.9. The quantitative estimate of drug-likeness (QED) is 0.729. The molecule has 0 amide bonds. The second-order valence-corrected chi connectivity index (χ2v) is 5.53. The summed E-state index contributed by atoms with van der Waals surface area (Å²) in [5.74, 6) is -1.96. The average molecular weight is 346 g/mol. The van der Waals surface area contributed by atoms with E-state index in [0.717, 1.165) is 15.3 Å². The van der Waals surface area contributed by atoms with E-state index in [4.69, 9.17) is 0 Å². The van der Waals surface area contributed by atoms with Gasteiger partial charge in [-0.3, -0.25) is 13.9 Å². The van der Waals surface area contributed by atoms with Crippen LogP contribution in [0.25, 0.3) is 0 Å². The second kappa shape index (κ2) is 6.80. The van der Waals surface area contributed by atoms with E-state index in [0.29, 0.717) is 11.1 Å². The van der Waals surface area contributed by atoms with Crippen molar-refractivity contribution < 1.29 is 13.2 Å². The molecule has 0 saturated carbocycles. The summed E-state index contributed by atoms with van der Waals surface area (Å²) in [7, 11) is 0. The lowest BCUT2D eigenvalue weighted by Crippen LogP contribution is -2.41. The topological polar surface area (TPSA) is 44.0 Å². The fourth-order valence-electron chi connectivity index (χ4n) is 2.43. The highest BCUT2D eigenvalue weighted by Crippen LogP contribution is 2.06. The molecule has 0 radical (unpaired) electrons. The molecule has 0 unspecified atom stereocenters. The van der Waals surface area contributed by atoms with Gasteiger partial charge in [-0.15, -0.1) is 0 Å². The minimum Gasteiger partial charge on any atom is -0.293 e. The Morgan fingerprint density at radius 3 is 1.72 bits per heavy atom. The van der Waals surface area contributed by atoms with Crippen molar-refractivity contribution in [1.29, 1.82) is 0 Å². The molecule has 0 N–H and O–H groups in total. The smallest absolute Gasteiger partial charge is 0.293 e. The summed E-state index contributed by atoms with van der Waals surface area (Å²) in [5.41, 5.74) is -0.695. The fourth-order valence-corrected chi connectivity index (χ4v) is 2.43. The third-order valence-corrected chi connectivity index (χ3v) is 3.72. The van der Waals surface area contributed by atoms with Crippen molar-refractivity contribution in [3.63, 3.8) is 0 Å². The maximum atomic E-state index is 13.9. The molecule has 7 heteroatoms. The Bertz CT molecular complexity index is 1010. The summed E-state index contributed by atoms with van der Waals surface area (Å²) in [4.78, 5) is 24.5. The minimum absolute atomic E-state index is 0.0142. The monoisotopic (exact) mass is 346 g/mol. The lowest BCUT2D eigenvalue weighted by Gasteiger charge is -2.11. The Hall–Kier alpha value is -3.09. The molecule has 3 aromatic rings. The predicted molar refractivity (Wildman–Crippen MR) is 85.9 cm³/mol. The summed E-state index contributed by atoms with van der Waals surface area (Å²) < 4.78 is 41.6. The maximum absolute atomic E-state index is 13.9. The molecular weight excluding hydrogens is 333 g/mol. The highest BCUT2D eigenvalue weighted by atomic mass is 19.1. The number of benzene rings is 2. The van der Waals surface area contributed by atoms with Gasteiger partial charge in [-0.2, -0.15) is 4.39 Å². The zero-order valence-corrected chi connectivity index (χ0v) is 13.0. The number of aromatic nitrogens is 2. The molecule has 2 aromatic carbocycles. The van der Waals surface area contributed by atoms with Gasteiger partial charge in [-0.25, -0.2) is 13.6 Å². The molecule has 0 spiro atoms. The van der Waals surface area contributed by atoms with Crippen LogP contribution in [0, 0.1) is 17.5 Å². The molecule has 0 aliphatic carbocycles. The van der Waals surface area contributed by atoms with Crippen LogP contribution in [0.5, 0.6) is 0 Å². The molecule has 0 aliphatic rings. The lowest BCUT2D eigenvalue weighted by atomic mass is 10.2. The lowest BCUT2D eigenvalue weighted by molar-refractivity contribution is 0.517. The Morgan fingerprint density at radius 1 is 0.720 bits per heavy atom. The molecular formula is C18H13F3N2O2. The molecule has 4 nitrogen and oxygen atoms in total. The zero-order chi connectivity index (χ0) is 18.0. The summed E-state index contributed by atoms with van der Waals surface area (Å²) >= 11 is 0. The molecule has 1 aromatic heterocycles. The van der Waals surface area contributed by atoms with Crippen LogP contribution in [0.3, 0.4) is 0 Å². The summed E-state index contributed by atoms with van der Waals surface area (Å²) in [6, 6.07) is 10.6. The van der Waals surface area contributed by atoms with Crippen molar-refractivity contribution in [3.05, 3.63) is 104 Å². The number of nitrogens with zero attached hydrogens (tertiary/aromatic N) is 2. The Kier molecular flexibility index (Phi) is 4.56. The van der Waals surface area contributed by atoms with Crippen LogP contribution < -0.4 is 11.2 Å². The van der Waals surface area contributed by atoms with Crippen LogP contribution in [-0.2, 0) is 13.1 Å². The molecule has 0 fully saturated rings. The van der Waals surface area contributed by atoms with Crippen molar-refractivity contribution in [2.24, 2.45) is 0 Å². The number of halogens is 3. The maximum Gasteiger partial charge on any atom is 0.331 e. The van der Waals surface area contributed by atoms with Crippen LogP contribution in [0.4, 0.5) is 13.2 Å². The van der Waals surface area contributed by atoms with Crippen LogP contribution in [0.2, 0.25) is 0 Å². The second-order valence-electron chi connectivity index (χ2n) is 5.53. The Morgan fingerprint density at radius 2 is 1.20 bits per heavy atom. The van der Waals surface area contributed by atoms with Gasteiger partial charge >= 0.3 is 5.69 Å². The van der Waals surface area contributed by atoms with Gasteiger partial charge in [0.25, 0.3) is 5.56 Å². The van der Waals surface area contributed by atoms with Crippen LogP contribution >= 0.6 is 0 Å². The average Bonchev–Trinajstić information content (AvgIpc) is 2.60. The van der Waals surface area contributed by atoms with Crippen molar-refractivity contribution in [2.75, 3.05) is 0 Å². The third-order valence-electron chi connectivity index (χ3n) is 3.72. The first-order valence-corrected chi connectivity index (χ1v) is 7.43. The number of rotatable bonds is 4. The van der Waals surface area contributed by atoms with Crippen molar-refractivity contribution in [3.8, 4) is 0 Å². The van der Waals surface area contributed by atoms with Crippen molar-refractivity contribution >= 4 is 0 Å². The van der Waals surface area contributed by atoms with Crippen LogP contribution in [-0.4, -0.2) is 9.13 Å². The summed E-state index contributed by atoms with van der Waals surface area (Å²) in [6.45, 7) is -0.196. The van der Waals surface area contributed by atoms with E-state index in [1.807, 2.05) is 0 Å². The highest BCUT2D eigenvalue weighted by Gasteiger charge is 2.12. The van der Waals surface area contributed by atoms with E-state index in [9.17, 15) is 22.8 Å². The van der Waals surface area contributed by atoms with Gasteiger partial charge in [0.2, 0.25) is 5.82 Å². The Balaban J connectivity index is 1.99. The summed E-state index contributed by atoms with van der Waals surface area (Å²) in [6.07, 6.45) is 0.829. The number of hydrogen-bond acceptors (Lipinski definition) is 2. The first-order valence-electron chi connectivity index (χ1n) is 7.43. The van der Waals surface area contributed by atoms with E-state index < -0.39 is 28.7 Å². The molecule has 1 heterocycles. The molecule has 0 bridgehead atoms. The Labute approximate surface area is 140 Å². The SMILES string of the molecule is O=c1c(F)cn(Cc2ccc(F)cc2)c(=O)n1Cc1ccc(F)cc1. The van der Waals surface area contributed by atoms with Gasteiger partial charge in [0.1, 0.15) is 11.6 Å². The normalized spacial score (nSPS) is 10.8. The fraction of sp³-hybridized carbons (Fsp3) is 0.111. The largest absolute Gasteiger partial charge is 0.331 e. The van der Waals surface area contributed by atoms with Crippen molar-refractivity contribution in [1.82, 2.24) is 9.13 Å². The first kappa shape index (κ1) is 16.8. The molecule has 128 valence electrons. The van der Waals surface area contributed by atoms with E-state index in [1.54, 1.807) is 0 Å². The zero-order valence-electron chi connectivity index (χ0n) is 13.0. The van der Waals surface area contributed by atoms with Gasteiger partial charge in [0.15, 0.2) is 0 Å². The van der Waals surface area contributed by atoms with E-state index in [-0.39, 0.29) is 13.1 Å². The van der Waals surface area contributed by atoms with Crippen molar-refractivity contribution in [2.45, 2.75) is 13.1 Å². The van der Waals surface area contributed by atoms with Gasteiger partial charge in [-0.1, -0.05) is 24.3 Å². The van der Waals surface area contributed by atoms with Gasteiger partial charge in [0, 0.05) is 0 Å². The van der Waals surface area contributed by atoms with Crippen LogP contribution in [0.15, 0.2) is 64.3 Å². The van der Waals surface area contributed by atoms with Gasteiger partial charge in [-0.05, 0) is 35.4 Å². The highest BCUT2D eigenvalue weighted by molar-refractivity contribution is 5.18. The van der Waals surface area contributed by atoms with Gasteiger partial charge in [0.05, 0.1) is 19.3 Å². The van der Waals surface area contributed by atoms with E-state index in [1.165, 1.54) is 48.5 Å². The third kappa shape index (κ3) is 3.71. The molecule has 3 rings (SSSR count).